The van der Waals surface area contributed by atoms with Gasteiger partial charge in [-0.05, 0) is 25.3 Å². The number of allylic oxidation sites excluding steroid dienone is 3. The molecule has 0 unspecified atom stereocenters. The van der Waals surface area contributed by atoms with Crippen molar-refractivity contribution in [3.63, 3.8) is 0 Å². The first-order valence-electron chi connectivity index (χ1n) is 5.67. The topological polar surface area (TPSA) is 80.0 Å². The van der Waals surface area contributed by atoms with Crippen molar-refractivity contribution in [2.24, 2.45) is 21.5 Å². The van der Waals surface area contributed by atoms with Crippen molar-refractivity contribution >= 4 is 11.9 Å². The van der Waals surface area contributed by atoms with E-state index in [0.717, 1.165) is 12.8 Å². The second-order valence-electron chi connectivity index (χ2n) is 4.27. The summed E-state index contributed by atoms with van der Waals surface area (Å²) < 4.78 is 0. The van der Waals surface area contributed by atoms with Crippen LogP contribution in [0.1, 0.15) is 19.8 Å². The van der Waals surface area contributed by atoms with Gasteiger partial charge in [0, 0.05) is 20.6 Å². The number of aliphatic imine (C=N–C) groups is 2. The van der Waals surface area contributed by atoms with Gasteiger partial charge in [-0.3, -0.25) is 4.99 Å². The van der Waals surface area contributed by atoms with E-state index < -0.39 is 0 Å². The molecule has 0 radical (unpaired) electrons. The van der Waals surface area contributed by atoms with Crippen LogP contribution < -0.4 is 11.5 Å². The minimum absolute atomic E-state index is 0.233. The molecule has 0 heterocycles. The van der Waals surface area contributed by atoms with Crippen LogP contribution in [-0.2, 0) is 0 Å². The Bertz CT molecular complexity index is 388. The molecule has 0 fully saturated rings. The Morgan fingerprint density at radius 3 is 2.65 bits per heavy atom. The van der Waals surface area contributed by atoms with E-state index in [1.165, 1.54) is 11.1 Å². The van der Waals surface area contributed by atoms with Gasteiger partial charge < -0.3 is 16.4 Å². The summed E-state index contributed by atoms with van der Waals surface area (Å²) >= 11 is 0. The molecule has 17 heavy (non-hydrogen) atoms. The van der Waals surface area contributed by atoms with Gasteiger partial charge in [-0.1, -0.05) is 17.7 Å². The maximum atomic E-state index is 5.65. The average Bonchev–Trinajstić information content (AvgIpc) is 2.64. The van der Waals surface area contributed by atoms with E-state index in [1.807, 2.05) is 14.1 Å². The summed E-state index contributed by atoms with van der Waals surface area (Å²) in [5.74, 6) is 0.596. The lowest BCUT2D eigenvalue weighted by Crippen LogP contribution is -2.32. The van der Waals surface area contributed by atoms with Crippen LogP contribution in [0.5, 0.6) is 0 Å². The first kappa shape index (κ1) is 13.3. The number of nitrogens with zero attached hydrogens (tertiary/aromatic N) is 3. The number of hydrogen-bond donors (Lipinski definition) is 2. The maximum absolute atomic E-state index is 5.65. The second-order valence-corrected chi connectivity index (χ2v) is 4.27. The van der Waals surface area contributed by atoms with E-state index in [4.69, 9.17) is 11.5 Å². The summed E-state index contributed by atoms with van der Waals surface area (Å²) in [5, 5.41) is 0. The lowest BCUT2D eigenvalue weighted by Gasteiger charge is -2.09. The number of rotatable bonds is 3. The summed E-state index contributed by atoms with van der Waals surface area (Å²) in [6.07, 6.45) is 6.28. The lowest BCUT2D eigenvalue weighted by atomic mass is 10.1. The normalized spacial score (nSPS) is 16.9. The van der Waals surface area contributed by atoms with E-state index in [1.54, 1.807) is 4.90 Å². The molecule has 5 heteroatoms. The van der Waals surface area contributed by atoms with Crippen LogP contribution in [0.25, 0.3) is 0 Å². The Hall–Kier alpha value is -1.78. The van der Waals surface area contributed by atoms with Crippen LogP contribution in [0, 0.1) is 0 Å². The van der Waals surface area contributed by atoms with Crippen molar-refractivity contribution in [3.05, 3.63) is 23.3 Å². The predicted molar refractivity (Wildman–Crippen MR) is 72.9 cm³/mol. The molecule has 0 bridgehead atoms. The van der Waals surface area contributed by atoms with Crippen LogP contribution in [0.4, 0.5) is 0 Å². The van der Waals surface area contributed by atoms with Crippen LogP contribution in [0.15, 0.2) is 33.3 Å². The smallest absolute Gasteiger partial charge is 0.218 e. The van der Waals surface area contributed by atoms with Gasteiger partial charge in [-0.15, -0.1) is 0 Å². The molecular formula is C12H21N5. The number of hydrogen-bond acceptors (Lipinski definition) is 1. The minimum Gasteiger partial charge on any atom is -0.369 e. The summed E-state index contributed by atoms with van der Waals surface area (Å²) in [5.41, 5.74) is 14.0. The highest BCUT2D eigenvalue weighted by atomic mass is 15.2. The molecule has 1 aliphatic rings. The van der Waals surface area contributed by atoms with Crippen LogP contribution >= 0.6 is 0 Å². The average molecular weight is 235 g/mol. The second kappa shape index (κ2) is 6.08. The lowest BCUT2D eigenvalue weighted by molar-refractivity contribution is 0.615. The fourth-order valence-corrected chi connectivity index (χ4v) is 1.49. The van der Waals surface area contributed by atoms with E-state index in [2.05, 4.69) is 29.1 Å². The minimum atomic E-state index is 0.233. The van der Waals surface area contributed by atoms with Gasteiger partial charge in [-0.2, -0.15) is 4.99 Å². The Balaban J connectivity index is 2.46. The molecule has 94 valence electrons. The molecule has 4 N–H and O–H groups in total. The van der Waals surface area contributed by atoms with Crippen molar-refractivity contribution in [1.82, 2.24) is 4.90 Å². The third kappa shape index (κ3) is 4.30. The van der Waals surface area contributed by atoms with E-state index in [0.29, 0.717) is 12.5 Å². The first-order valence-corrected chi connectivity index (χ1v) is 5.67. The van der Waals surface area contributed by atoms with Crippen molar-refractivity contribution < 1.29 is 0 Å². The summed E-state index contributed by atoms with van der Waals surface area (Å²) in [7, 11) is 3.62. The SMILES string of the molecule is CC1=C(CCN=C(N)N=C(N)N(C)C)C=CC1. The fraction of sp³-hybridized carbons (Fsp3) is 0.500. The maximum Gasteiger partial charge on any atom is 0.218 e. The molecular weight excluding hydrogens is 214 g/mol. The van der Waals surface area contributed by atoms with Crippen molar-refractivity contribution in [1.29, 1.82) is 0 Å². The molecule has 0 amide bonds. The van der Waals surface area contributed by atoms with Gasteiger partial charge in [0.15, 0.2) is 5.96 Å². The number of nitrogens with two attached hydrogens (primary N) is 2. The summed E-state index contributed by atoms with van der Waals surface area (Å²) in [6, 6.07) is 0. The Morgan fingerprint density at radius 2 is 2.12 bits per heavy atom. The molecule has 0 atom stereocenters. The molecule has 1 rings (SSSR count). The van der Waals surface area contributed by atoms with Crippen LogP contribution in [-0.4, -0.2) is 37.5 Å². The molecule has 1 aliphatic carbocycles. The molecule has 0 aliphatic heterocycles. The number of guanidine groups is 2. The van der Waals surface area contributed by atoms with Gasteiger partial charge in [0.1, 0.15) is 0 Å². The molecule has 0 spiro atoms. The van der Waals surface area contributed by atoms with Crippen LogP contribution in [0.3, 0.4) is 0 Å². The van der Waals surface area contributed by atoms with E-state index in [-0.39, 0.29) is 5.96 Å². The largest absolute Gasteiger partial charge is 0.369 e. The standard InChI is InChI=1S/C12H21N5/c1-9-5-4-6-10(9)7-8-15-11(13)16-12(14)17(2)3/h4,6H,5,7-8H2,1-3H3,(H4,13,14,15,16). The van der Waals surface area contributed by atoms with Crippen molar-refractivity contribution in [2.45, 2.75) is 19.8 Å². The highest BCUT2D eigenvalue weighted by Crippen LogP contribution is 2.20. The predicted octanol–water partition coefficient (Wildman–Crippen LogP) is 0.844. The zero-order chi connectivity index (χ0) is 12.8. The molecule has 0 aromatic rings. The van der Waals surface area contributed by atoms with E-state index in [9.17, 15) is 0 Å². The molecule has 0 aromatic carbocycles. The highest BCUT2D eigenvalue weighted by Gasteiger charge is 2.03. The Morgan fingerprint density at radius 1 is 1.41 bits per heavy atom. The van der Waals surface area contributed by atoms with E-state index >= 15 is 0 Å². The summed E-state index contributed by atoms with van der Waals surface area (Å²) in [4.78, 5) is 9.84. The molecule has 0 aromatic heterocycles. The third-order valence-electron chi connectivity index (χ3n) is 2.63. The Labute approximate surface area is 103 Å². The third-order valence-corrected chi connectivity index (χ3v) is 2.63. The van der Waals surface area contributed by atoms with Crippen LogP contribution in [0.2, 0.25) is 0 Å². The highest BCUT2D eigenvalue weighted by molar-refractivity contribution is 5.93. The Kier molecular flexibility index (Phi) is 4.75. The zero-order valence-corrected chi connectivity index (χ0v) is 10.8. The summed E-state index contributed by atoms with van der Waals surface area (Å²) in [6.45, 7) is 2.79. The quantitative estimate of drug-likeness (QED) is 0.562. The van der Waals surface area contributed by atoms with Gasteiger partial charge in [0.25, 0.3) is 0 Å². The van der Waals surface area contributed by atoms with Crippen molar-refractivity contribution in [3.8, 4) is 0 Å². The first-order chi connectivity index (χ1) is 8.00. The molecule has 5 nitrogen and oxygen atoms in total. The fourth-order valence-electron chi connectivity index (χ4n) is 1.49. The molecule has 0 saturated heterocycles. The van der Waals surface area contributed by atoms with Crippen molar-refractivity contribution in [2.75, 3.05) is 20.6 Å². The van der Waals surface area contributed by atoms with Gasteiger partial charge in [0.2, 0.25) is 5.96 Å². The molecule has 0 saturated carbocycles. The van der Waals surface area contributed by atoms with Gasteiger partial charge in [0.05, 0.1) is 0 Å². The monoisotopic (exact) mass is 235 g/mol. The zero-order valence-electron chi connectivity index (χ0n) is 10.8. The van der Waals surface area contributed by atoms with Gasteiger partial charge >= 0.3 is 0 Å². The van der Waals surface area contributed by atoms with Gasteiger partial charge in [-0.25, -0.2) is 0 Å².